The number of carbonyl (C=O) groups is 1. The van der Waals surface area contributed by atoms with Gasteiger partial charge in [0.05, 0.1) is 30.1 Å². The summed E-state index contributed by atoms with van der Waals surface area (Å²) >= 11 is 0. The molecule has 35 heavy (non-hydrogen) atoms. The molecule has 0 radical (unpaired) electrons. The first kappa shape index (κ1) is 23.2. The second-order valence-corrected chi connectivity index (χ2v) is 9.09. The fourth-order valence-electron chi connectivity index (χ4n) is 5.13. The molecular weight excluding hydrogens is 463 g/mol. The van der Waals surface area contributed by atoms with Crippen LogP contribution in [0.3, 0.4) is 0 Å². The highest BCUT2D eigenvalue weighted by molar-refractivity contribution is 6.07. The maximum absolute atomic E-state index is 14.4. The van der Waals surface area contributed by atoms with E-state index >= 15 is 0 Å². The Bertz CT molecular complexity index is 1250. The molecule has 1 aromatic carbocycles. The van der Waals surface area contributed by atoms with E-state index in [4.69, 9.17) is 0 Å². The molecule has 1 aliphatic heterocycles. The Kier molecular flexibility index (Phi) is 6.13. The lowest BCUT2D eigenvalue weighted by Crippen LogP contribution is -2.32. The highest BCUT2D eigenvalue weighted by atomic mass is 19.1. The zero-order valence-corrected chi connectivity index (χ0v) is 18.7. The van der Waals surface area contributed by atoms with Crippen molar-refractivity contribution in [2.24, 2.45) is 10.9 Å². The molecule has 184 valence electrons. The summed E-state index contributed by atoms with van der Waals surface area (Å²) in [6, 6.07) is 1.73. The number of amides is 1. The van der Waals surface area contributed by atoms with Crippen LogP contribution in [-0.2, 0) is 0 Å². The van der Waals surface area contributed by atoms with Crippen LogP contribution >= 0.6 is 0 Å². The quantitative estimate of drug-likeness (QED) is 0.460. The number of fused-ring (bicyclic) bond motifs is 1. The molecule has 0 bridgehead atoms. The lowest BCUT2D eigenvalue weighted by Gasteiger charge is -2.24. The summed E-state index contributed by atoms with van der Waals surface area (Å²) in [5, 5.41) is 20.8. The third kappa shape index (κ3) is 4.45. The van der Waals surface area contributed by atoms with Gasteiger partial charge in [-0.15, -0.1) is 0 Å². The summed E-state index contributed by atoms with van der Waals surface area (Å²) < 4.78 is 42.1. The molecule has 1 saturated heterocycles. The molecule has 2 aromatic heterocycles. The highest BCUT2D eigenvalue weighted by Crippen LogP contribution is 2.37. The van der Waals surface area contributed by atoms with Crippen LogP contribution in [0.1, 0.15) is 41.4 Å². The van der Waals surface area contributed by atoms with E-state index in [0.717, 1.165) is 18.2 Å². The maximum atomic E-state index is 14.4. The van der Waals surface area contributed by atoms with Crippen LogP contribution in [0.4, 0.5) is 19.0 Å². The van der Waals surface area contributed by atoms with Gasteiger partial charge in [0.1, 0.15) is 30.0 Å². The summed E-state index contributed by atoms with van der Waals surface area (Å²) in [5.41, 5.74) is 0.407. The fourth-order valence-corrected chi connectivity index (χ4v) is 5.13. The zero-order chi connectivity index (χ0) is 24.7. The van der Waals surface area contributed by atoms with Crippen molar-refractivity contribution in [1.29, 1.82) is 0 Å². The normalized spacial score (nSPS) is 26.4. The summed E-state index contributed by atoms with van der Waals surface area (Å²) in [7, 11) is 0. The lowest BCUT2D eigenvalue weighted by atomic mass is 10.0. The number of carbonyl (C=O) groups excluding carboxylic acids is 1. The molecule has 1 saturated carbocycles. The second kappa shape index (κ2) is 9.25. The Morgan fingerprint density at radius 2 is 2.00 bits per heavy atom. The van der Waals surface area contributed by atoms with Gasteiger partial charge in [-0.25, -0.2) is 23.1 Å². The van der Waals surface area contributed by atoms with E-state index in [1.807, 2.05) is 0 Å². The number of nitrogens with zero attached hydrogens (tertiary/aromatic N) is 5. The van der Waals surface area contributed by atoms with Crippen LogP contribution in [0, 0.1) is 17.6 Å². The number of aromatic nitrogens is 4. The molecule has 2 fully saturated rings. The van der Waals surface area contributed by atoms with Crippen molar-refractivity contribution in [1.82, 2.24) is 25.1 Å². The fraction of sp³-hybridized carbons (Fsp3) is 0.435. The molecule has 3 aromatic rings. The third-order valence-electron chi connectivity index (χ3n) is 6.68. The second-order valence-electron chi connectivity index (χ2n) is 9.09. The average molecular weight is 487 g/mol. The number of likely N-dealkylation sites (tertiary alicyclic amines) is 1. The monoisotopic (exact) mass is 487 g/mol. The predicted molar refractivity (Wildman–Crippen MR) is 122 cm³/mol. The highest BCUT2D eigenvalue weighted by Gasteiger charge is 2.39. The van der Waals surface area contributed by atoms with Crippen LogP contribution in [0.5, 0.6) is 0 Å². The van der Waals surface area contributed by atoms with Crippen molar-refractivity contribution < 1.29 is 23.1 Å². The Labute approximate surface area is 198 Å². The number of nitrogens with one attached hydrogen (secondary N) is 2. The smallest absolute Gasteiger partial charge is 0.275 e. The number of hydrogen-bond acceptors (Lipinski definition) is 7. The van der Waals surface area contributed by atoms with Crippen LogP contribution in [0.2, 0.25) is 0 Å². The summed E-state index contributed by atoms with van der Waals surface area (Å²) in [5.74, 6) is -1.77. The minimum Gasteiger partial charge on any atom is -0.391 e. The molecular formula is C23H24F3N7O2. The van der Waals surface area contributed by atoms with E-state index in [9.17, 15) is 23.1 Å². The average Bonchev–Trinajstić information content (AvgIpc) is 3.50. The number of H-pyrrole nitrogens is 1. The van der Waals surface area contributed by atoms with Crippen LogP contribution in [0.15, 0.2) is 29.5 Å². The minimum atomic E-state index is -1.36. The van der Waals surface area contributed by atoms with Crippen molar-refractivity contribution in [3.8, 4) is 0 Å². The molecule has 5 rings (SSSR count). The van der Waals surface area contributed by atoms with Crippen molar-refractivity contribution >= 4 is 29.5 Å². The predicted octanol–water partition coefficient (Wildman–Crippen LogP) is 2.81. The van der Waals surface area contributed by atoms with Gasteiger partial charge >= 0.3 is 0 Å². The molecule has 12 heteroatoms. The Morgan fingerprint density at radius 3 is 2.74 bits per heavy atom. The molecule has 2 aliphatic rings. The number of aliphatic imine (C=N–C) groups is 1. The number of hydrogen-bond donors (Lipinski definition) is 3. The van der Waals surface area contributed by atoms with Crippen LogP contribution in [-0.4, -0.2) is 74.2 Å². The number of aliphatic hydroxyl groups excluding tert-OH is 1. The lowest BCUT2D eigenvalue weighted by molar-refractivity contribution is 0.0724. The molecule has 3 N–H and O–H groups in total. The van der Waals surface area contributed by atoms with E-state index in [2.05, 4.69) is 37.2 Å². The first-order valence-corrected chi connectivity index (χ1v) is 11.3. The molecule has 0 spiro atoms. The van der Waals surface area contributed by atoms with E-state index < -0.39 is 35.9 Å². The van der Waals surface area contributed by atoms with Gasteiger partial charge in [-0.3, -0.25) is 9.89 Å². The summed E-state index contributed by atoms with van der Waals surface area (Å²) in [6.07, 6.45) is 0.391. The van der Waals surface area contributed by atoms with E-state index in [1.165, 1.54) is 11.2 Å². The maximum Gasteiger partial charge on any atom is 0.275 e. The summed E-state index contributed by atoms with van der Waals surface area (Å²) in [6.45, 7) is 3.80. The van der Waals surface area contributed by atoms with Crippen molar-refractivity contribution in [3.05, 3.63) is 47.4 Å². The standard InChI is InChI=1S/C23H24F3N7O2/c1-27-8-11-2-16(18(34)3-11)30-21-19-20(31-32-22(19)29-10-28-21)23(35)33-9-15(26)7-17(33)12-4-13(24)6-14(25)5-12/h4-6,10-11,15-18,34H,1-3,7-9H2,(H2,28,29,30,31,32)/t11-,15+,16-,17-,18-/m1/s1. The van der Waals surface area contributed by atoms with Gasteiger partial charge < -0.3 is 20.3 Å². The number of anilines is 1. The largest absolute Gasteiger partial charge is 0.391 e. The topological polar surface area (TPSA) is 119 Å². The first-order chi connectivity index (χ1) is 16.8. The van der Waals surface area contributed by atoms with E-state index in [1.54, 1.807) is 0 Å². The van der Waals surface area contributed by atoms with E-state index in [0.29, 0.717) is 30.6 Å². The SMILES string of the molecule is C=NC[C@H]1C[C@@H](O)[C@H](Nc2ncnc3[nH]nc(C(=O)N4C[C@@H](F)C[C@@H]4c4cc(F)cc(F)c4)c23)C1. The van der Waals surface area contributed by atoms with Crippen molar-refractivity contribution in [2.75, 3.05) is 18.4 Å². The van der Waals surface area contributed by atoms with E-state index in [-0.39, 0.29) is 41.8 Å². The Morgan fingerprint density at radius 1 is 1.23 bits per heavy atom. The molecule has 1 amide bonds. The number of rotatable bonds is 6. The summed E-state index contributed by atoms with van der Waals surface area (Å²) in [4.78, 5) is 27.1. The van der Waals surface area contributed by atoms with Gasteiger partial charge in [0, 0.05) is 19.0 Å². The van der Waals surface area contributed by atoms with Crippen molar-refractivity contribution in [3.63, 3.8) is 0 Å². The molecule has 1 aliphatic carbocycles. The molecule has 0 unspecified atom stereocenters. The van der Waals surface area contributed by atoms with Gasteiger partial charge in [0.2, 0.25) is 0 Å². The molecule has 3 heterocycles. The third-order valence-corrected chi connectivity index (χ3v) is 6.68. The van der Waals surface area contributed by atoms with Gasteiger partial charge in [-0.05, 0) is 43.2 Å². The van der Waals surface area contributed by atoms with Crippen molar-refractivity contribution in [2.45, 2.75) is 43.6 Å². The number of aliphatic hydroxyl groups is 1. The van der Waals surface area contributed by atoms with Gasteiger partial charge in [-0.1, -0.05) is 0 Å². The number of aromatic amines is 1. The zero-order valence-electron chi connectivity index (χ0n) is 18.7. The first-order valence-electron chi connectivity index (χ1n) is 11.3. The number of halogens is 3. The van der Waals surface area contributed by atoms with Gasteiger partial charge in [0.25, 0.3) is 5.91 Å². The van der Waals surface area contributed by atoms with Gasteiger partial charge in [-0.2, -0.15) is 5.10 Å². The number of alkyl halides is 1. The van der Waals surface area contributed by atoms with Crippen LogP contribution in [0.25, 0.3) is 11.0 Å². The minimum absolute atomic E-state index is 0.0455. The number of benzene rings is 1. The Balaban J connectivity index is 1.47. The Hall–Kier alpha value is -3.54. The van der Waals surface area contributed by atoms with Crippen LogP contribution < -0.4 is 5.32 Å². The van der Waals surface area contributed by atoms with Gasteiger partial charge in [0.15, 0.2) is 11.3 Å². The molecule has 9 nitrogen and oxygen atoms in total. The molecule has 5 atom stereocenters.